The Hall–Kier alpha value is -1.23. The van der Waals surface area contributed by atoms with E-state index in [0.717, 1.165) is 32.1 Å². The highest BCUT2D eigenvalue weighted by atomic mass is 127. The Bertz CT molecular complexity index is 560. The van der Waals surface area contributed by atoms with Crippen molar-refractivity contribution in [3.63, 3.8) is 0 Å². The smallest absolute Gasteiger partial charge is 0.368 e. The normalized spacial score (nSPS) is 15.7. The maximum absolute atomic E-state index is 12.3. The predicted molar refractivity (Wildman–Crippen MR) is 115 cm³/mol. The van der Waals surface area contributed by atoms with Gasteiger partial charge in [0.2, 0.25) is 0 Å². The van der Waals surface area contributed by atoms with Gasteiger partial charge in [0.25, 0.3) is 0 Å². The topological polar surface area (TPSA) is 34.1 Å². The van der Waals surface area contributed by atoms with Crippen LogP contribution in [-0.4, -0.2) is 81.8 Å². The van der Waals surface area contributed by atoms with E-state index >= 15 is 0 Å². The lowest BCUT2D eigenvalue weighted by Crippen LogP contribution is -2.52. The summed E-state index contributed by atoms with van der Waals surface area (Å²) in [5, 5.41) is 3.26. The molecular formula is C18H29F3IN5. The van der Waals surface area contributed by atoms with Crippen molar-refractivity contribution < 1.29 is 13.2 Å². The van der Waals surface area contributed by atoms with Crippen LogP contribution in [0.25, 0.3) is 0 Å². The molecule has 9 heteroatoms. The van der Waals surface area contributed by atoms with Crippen molar-refractivity contribution in [3.8, 4) is 0 Å². The van der Waals surface area contributed by atoms with E-state index in [-0.39, 0.29) is 24.0 Å². The number of guanidine groups is 1. The quantitative estimate of drug-likeness (QED) is 0.283. The van der Waals surface area contributed by atoms with Crippen molar-refractivity contribution in [1.82, 2.24) is 15.1 Å². The number of nitrogens with zero attached hydrogens (tertiary/aromatic N) is 4. The van der Waals surface area contributed by atoms with Crippen LogP contribution in [0.3, 0.4) is 0 Å². The number of anilines is 1. The van der Waals surface area contributed by atoms with E-state index in [1.54, 1.807) is 7.05 Å². The molecule has 1 aliphatic rings. The predicted octanol–water partition coefficient (Wildman–Crippen LogP) is 2.89. The van der Waals surface area contributed by atoms with E-state index in [1.807, 2.05) is 18.2 Å². The number of halogens is 4. The first-order valence-corrected chi connectivity index (χ1v) is 8.90. The Morgan fingerprint density at radius 1 is 1.15 bits per heavy atom. The van der Waals surface area contributed by atoms with Gasteiger partial charge in [-0.05, 0) is 32.1 Å². The van der Waals surface area contributed by atoms with Gasteiger partial charge in [0.1, 0.15) is 0 Å². The fraction of sp³-hybridized carbons (Fsp3) is 0.611. The molecule has 0 radical (unpaired) electrons. The van der Waals surface area contributed by atoms with Crippen LogP contribution in [0.4, 0.5) is 18.9 Å². The highest BCUT2D eigenvalue weighted by molar-refractivity contribution is 14.0. The number of rotatable bonds is 6. The second kappa shape index (κ2) is 11.6. The van der Waals surface area contributed by atoms with Crippen molar-refractivity contribution >= 4 is 35.6 Å². The molecule has 1 aromatic carbocycles. The highest BCUT2D eigenvalue weighted by Crippen LogP contribution is 2.16. The number of piperazine rings is 1. The van der Waals surface area contributed by atoms with Crippen molar-refractivity contribution in [2.24, 2.45) is 4.99 Å². The molecule has 154 valence electrons. The van der Waals surface area contributed by atoms with Crippen LogP contribution in [0.5, 0.6) is 0 Å². The van der Waals surface area contributed by atoms with Gasteiger partial charge in [0, 0.05) is 45.5 Å². The molecule has 1 heterocycles. The van der Waals surface area contributed by atoms with Crippen LogP contribution < -0.4 is 10.2 Å². The average Bonchev–Trinajstić information content (AvgIpc) is 2.61. The Kier molecular flexibility index (Phi) is 10.2. The highest BCUT2D eigenvalue weighted by Gasteiger charge is 2.28. The minimum absolute atomic E-state index is 0. The van der Waals surface area contributed by atoms with E-state index < -0.39 is 12.7 Å². The number of aliphatic imine (C=N–C) groups is 1. The minimum Gasteiger partial charge on any atom is -0.368 e. The first-order chi connectivity index (χ1) is 12.4. The molecule has 0 bridgehead atoms. The summed E-state index contributed by atoms with van der Waals surface area (Å²) in [4.78, 5) is 10.1. The average molecular weight is 499 g/mol. The molecule has 0 spiro atoms. The maximum Gasteiger partial charge on any atom is 0.401 e. The van der Waals surface area contributed by atoms with E-state index in [9.17, 15) is 13.2 Å². The molecule has 0 unspecified atom stereocenters. The van der Waals surface area contributed by atoms with Gasteiger partial charge in [-0.25, -0.2) is 0 Å². The van der Waals surface area contributed by atoms with Gasteiger partial charge in [0.05, 0.1) is 6.54 Å². The molecule has 0 atom stereocenters. The molecule has 1 fully saturated rings. The Labute approximate surface area is 176 Å². The summed E-state index contributed by atoms with van der Waals surface area (Å²) in [5.41, 5.74) is 1.22. The fourth-order valence-corrected chi connectivity index (χ4v) is 3.08. The zero-order chi connectivity index (χ0) is 19.0. The first kappa shape index (κ1) is 23.8. The molecule has 2 rings (SSSR count). The molecule has 0 aliphatic carbocycles. The van der Waals surface area contributed by atoms with Crippen molar-refractivity contribution in [2.45, 2.75) is 12.6 Å². The summed E-state index contributed by atoms with van der Waals surface area (Å²) in [6, 6.07) is 10.3. The van der Waals surface area contributed by atoms with Crippen LogP contribution in [0, 0.1) is 0 Å². The number of nitrogens with one attached hydrogen (secondary N) is 1. The van der Waals surface area contributed by atoms with Crippen molar-refractivity contribution in [2.75, 3.05) is 64.8 Å². The van der Waals surface area contributed by atoms with Gasteiger partial charge < -0.3 is 15.1 Å². The van der Waals surface area contributed by atoms with Crippen molar-refractivity contribution in [1.29, 1.82) is 0 Å². The van der Waals surface area contributed by atoms with Crippen LogP contribution >= 0.6 is 24.0 Å². The Morgan fingerprint density at radius 2 is 1.78 bits per heavy atom. The summed E-state index contributed by atoms with van der Waals surface area (Å²) in [6.45, 7) is 3.69. The number of hydrogen-bond donors (Lipinski definition) is 1. The van der Waals surface area contributed by atoms with Gasteiger partial charge in [0.15, 0.2) is 5.96 Å². The molecule has 27 heavy (non-hydrogen) atoms. The SMILES string of the molecule is CN=C(NCCCN(C)CC(F)(F)F)N1CCN(c2ccccc2)CC1.I. The third-order valence-corrected chi connectivity index (χ3v) is 4.36. The van der Waals surface area contributed by atoms with Crippen LogP contribution in [-0.2, 0) is 0 Å². The van der Waals surface area contributed by atoms with Crippen LogP contribution in [0.1, 0.15) is 6.42 Å². The standard InChI is InChI=1S/C18H28F3N5.HI/c1-22-17(23-9-6-10-24(2)15-18(19,20)21)26-13-11-25(12-14-26)16-7-4-3-5-8-16;/h3-5,7-8H,6,9-15H2,1-2H3,(H,22,23);1H. The number of benzene rings is 1. The summed E-state index contributed by atoms with van der Waals surface area (Å²) < 4.78 is 36.9. The third-order valence-electron chi connectivity index (χ3n) is 4.36. The summed E-state index contributed by atoms with van der Waals surface area (Å²) >= 11 is 0. The number of para-hydroxylation sites is 1. The monoisotopic (exact) mass is 499 g/mol. The molecule has 0 amide bonds. The first-order valence-electron chi connectivity index (χ1n) is 8.90. The minimum atomic E-state index is -4.14. The number of alkyl halides is 3. The molecule has 0 saturated carbocycles. The molecule has 1 N–H and O–H groups in total. The van der Waals surface area contributed by atoms with Gasteiger partial charge in [-0.1, -0.05) is 18.2 Å². The molecule has 1 saturated heterocycles. The Balaban J connectivity index is 0.00000364. The second-order valence-electron chi connectivity index (χ2n) is 6.49. The van der Waals surface area contributed by atoms with Gasteiger partial charge in [-0.3, -0.25) is 9.89 Å². The zero-order valence-corrected chi connectivity index (χ0v) is 18.2. The van der Waals surface area contributed by atoms with E-state index in [0.29, 0.717) is 19.5 Å². The van der Waals surface area contributed by atoms with Crippen LogP contribution in [0.15, 0.2) is 35.3 Å². The van der Waals surface area contributed by atoms with E-state index in [4.69, 9.17) is 0 Å². The maximum atomic E-state index is 12.3. The molecule has 5 nitrogen and oxygen atoms in total. The largest absolute Gasteiger partial charge is 0.401 e. The summed E-state index contributed by atoms with van der Waals surface area (Å²) in [6.07, 6.45) is -3.51. The lowest BCUT2D eigenvalue weighted by molar-refractivity contribution is -0.143. The lowest BCUT2D eigenvalue weighted by Gasteiger charge is -2.37. The van der Waals surface area contributed by atoms with Gasteiger partial charge >= 0.3 is 6.18 Å². The van der Waals surface area contributed by atoms with E-state index in [2.05, 4.69) is 32.2 Å². The second-order valence-corrected chi connectivity index (χ2v) is 6.49. The van der Waals surface area contributed by atoms with Crippen molar-refractivity contribution in [3.05, 3.63) is 30.3 Å². The van der Waals surface area contributed by atoms with Gasteiger partial charge in [-0.2, -0.15) is 13.2 Å². The lowest BCUT2D eigenvalue weighted by atomic mass is 10.2. The van der Waals surface area contributed by atoms with E-state index in [1.165, 1.54) is 17.6 Å². The van der Waals surface area contributed by atoms with Crippen LogP contribution in [0.2, 0.25) is 0 Å². The van der Waals surface area contributed by atoms with Gasteiger partial charge in [-0.15, -0.1) is 24.0 Å². The summed E-state index contributed by atoms with van der Waals surface area (Å²) in [5.74, 6) is 0.816. The molecule has 0 aromatic heterocycles. The molecule has 1 aromatic rings. The Morgan fingerprint density at radius 3 is 2.33 bits per heavy atom. The number of hydrogen-bond acceptors (Lipinski definition) is 3. The summed E-state index contributed by atoms with van der Waals surface area (Å²) in [7, 11) is 3.23. The fourth-order valence-electron chi connectivity index (χ4n) is 3.08. The zero-order valence-electron chi connectivity index (χ0n) is 15.9. The molecular weight excluding hydrogens is 470 g/mol. The third kappa shape index (κ3) is 8.54. The molecule has 1 aliphatic heterocycles.